The van der Waals surface area contributed by atoms with Gasteiger partial charge >= 0.3 is 0 Å². The lowest BCUT2D eigenvalue weighted by atomic mass is 9.84. The Balaban J connectivity index is 1.52. The Morgan fingerprint density at radius 1 is 1.06 bits per heavy atom. The SMILES string of the molecule is CC(=O)N1c2ccc(-c3ccc(OCCN4CCCC4)cc3)cc2C(C(N)=O)CC1C. The van der Waals surface area contributed by atoms with Gasteiger partial charge in [-0.05, 0) is 80.2 Å². The summed E-state index contributed by atoms with van der Waals surface area (Å²) >= 11 is 0. The van der Waals surface area contributed by atoms with Crippen molar-refractivity contribution in [3.05, 3.63) is 48.0 Å². The third kappa shape index (κ3) is 4.59. The number of rotatable bonds is 6. The van der Waals surface area contributed by atoms with Gasteiger partial charge in [0.15, 0.2) is 0 Å². The third-order valence-corrected chi connectivity index (χ3v) is 6.43. The average molecular weight is 422 g/mol. The molecule has 164 valence electrons. The molecule has 0 spiro atoms. The molecule has 0 bridgehead atoms. The summed E-state index contributed by atoms with van der Waals surface area (Å²) in [4.78, 5) is 28.5. The molecule has 1 saturated heterocycles. The first kappa shape index (κ1) is 21.4. The highest BCUT2D eigenvalue weighted by molar-refractivity contribution is 5.97. The smallest absolute Gasteiger partial charge is 0.225 e. The topological polar surface area (TPSA) is 75.9 Å². The van der Waals surface area contributed by atoms with E-state index in [1.807, 2.05) is 49.4 Å². The van der Waals surface area contributed by atoms with Gasteiger partial charge in [0, 0.05) is 25.2 Å². The number of anilines is 1. The van der Waals surface area contributed by atoms with Crippen molar-refractivity contribution in [2.45, 2.75) is 45.1 Å². The maximum absolute atomic E-state index is 12.2. The van der Waals surface area contributed by atoms with Crippen LogP contribution in [0.25, 0.3) is 11.1 Å². The van der Waals surface area contributed by atoms with Gasteiger partial charge in [-0.3, -0.25) is 14.5 Å². The second-order valence-electron chi connectivity index (χ2n) is 8.62. The number of amides is 2. The van der Waals surface area contributed by atoms with Crippen molar-refractivity contribution in [2.24, 2.45) is 5.73 Å². The van der Waals surface area contributed by atoms with Gasteiger partial charge in [-0.25, -0.2) is 0 Å². The molecule has 2 aromatic rings. The summed E-state index contributed by atoms with van der Waals surface area (Å²) in [5.74, 6) is 0.0799. The van der Waals surface area contributed by atoms with Gasteiger partial charge in [0.1, 0.15) is 12.4 Å². The standard InChI is InChI=1S/C25H31N3O3/c1-17-15-23(25(26)30)22-16-20(7-10-24(22)28(17)18(2)29)19-5-8-21(9-6-19)31-14-13-27-11-3-4-12-27/h5-10,16-17,23H,3-4,11-15H2,1-2H3,(H2,26,30). The summed E-state index contributed by atoms with van der Waals surface area (Å²) in [7, 11) is 0. The van der Waals surface area contributed by atoms with E-state index in [9.17, 15) is 9.59 Å². The van der Waals surface area contributed by atoms with Crippen LogP contribution in [-0.4, -0.2) is 49.0 Å². The highest BCUT2D eigenvalue weighted by Gasteiger charge is 2.35. The molecule has 4 rings (SSSR count). The van der Waals surface area contributed by atoms with Crippen LogP contribution in [0.1, 0.15) is 44.6 Å². The van der Waals surface area contributed by atoms with E-state index in [0.717, 1.165) is 34.7 Å². The van der Waals surface area contributed by atoms with Crippen LogP contribution in [0, 0.1) is 0 Å². The summed E-state index contributed by atoms with van der Waals surface area (Å²) in [5, 5.41) is 0. The van der Waals surface area contributed by atoms with E-state index >= 15 is 0 Å². The number of nitrogens with zero attached hydrogens (tertiary/aromatic N) is 2. The summed E-state index contributed by atoms with van der Waals surface area (Å²) in [6.45, 7) is 7.51. The predicted molar refractivity (Wildman–Crippen MR) is 122 cm³/mol. The van der Waals surface area contributed by atoms with Gasteiger partial charge in [0.2, 0.25) is 11.8 Å². The Kier molecular flexibility index (Phi) is 6.28. The monoisotopic (exact) mass is 421 g/mol. The first-order valence-corrected chi connectivity index (χ1v) is 11.1. The largest absolute Gasteiger partial charge is 0.492 e. The Bertz CT molecular complexity index is 951. The number of carbonyl (C=O) groups excluding carboxylic acids is 2. The molecule has 2 aromatic carbocycles. The average Bonchev–Trinajstić information content (AvgIpc) is 3.26. The van der Waals surface area contributed by atoms with Crippen LogP contribution in [0.4, 0.5) is 5.69 Å². The van der Waals surface area contributed by atoms with Gasteiger partial charge in [-0.15, -0.1) is 0 Å². The first-order valence-electron chi connectivity index (χ1n) is 11.1. The zero-order chi connectivity index (χ0) is 22.0. The van der Waals surface area contributed by atoms with Crippen LogP contribution in [0.2, 0.25) is 0 Å². The second-order valence-corrected chi connectivity index (χ2v) is 8.62. The Morgan fingerprint density at radius 2 is 1.74 bits per heavy atom. The predicted octanol–water partition coefficient (Wildman–Crippen LogP) is 3.54. The van der Waals surface area contributed by atoms with Gasteiger partial charge in [-0.1, -0.05) is 18.2 Å². The zero-order valence-electron chi connectivity index (χ0n) is 18.3. The fraction of sp³-hybridized carbons (Fsp3) is 0.440. The molecule has 0 aliphatic carbocycles. The maximum atomic E-state index is 12.2. The zero-order valence-corrected chi connectivity index (χ0v) is 18.3. The van der Waals surface area contributed by atoms with Crippen molar-refractivity contribution in [1.29, 1.82) is 0 Å². The van der Waals surface area contributed by atoms with Gasteiger partial charge in [-0.2, -0.15) is 0 Å². The van der Waals surface area contributed by atoms with Crippen molar-refractivity contribution < 1.29 is 14.3 Å². The number of carbonyl (C=O) groups is 2. The molecule has 0 saturated carbocycles. The molecule has 6 heteroatoms. The van der Waals surface area contributed by atoms with E-state index in [1.165, 1.54) is 25.9 Å². The molecule has 31 heavy (non-hydrogen) atoms. The number of likely N-dealkylation sites (tertiary alicyclic amines) is 1. The quantitative estimate of drug-likeness (QED) is 0.774. The van der Waals surface area contributed by atoms with E-state index in [2.05, 4.69) is 4.90 Å². The van der Waals surface area contributed by atoms with Gasteiger partial charge in [0.25, 0.3) is 0 Å². The van der Waals surface area contributed by atoms with Crippen LogP contribution in [-0.2, 0) is 9.59 Å². The molecule has 6 nitrogen and oxygen atoms in total. The molecular weight excluding hydrogens is 390 g/mol. The van der Waals surface area contributed by atoms with Crippen molar-refractivity contribution in [2.75, 3.05) is 31.1 Å². The van der Waals surface area contributed by atoms with Crippen LogP contribution in [0.3, 0.4) is 0 Å². The van der Waals surface area contributed by atoms with Gasteiger partial charge < -0.3 is 15.4 Å². The molecule has 2 atom stereocenters. The molecular formula is C25H31N3O3. The van der Waals surface area contributed by atoms with E-state index in [1.54, 1.807) is 11.8 Å². The number of ether oxygens (including phenoxy) is 1. The molecule has 2 aliphatic rings. The second kappa shape index (κ2) is 9.10. The van der Waals surface area contributed by atoms with Crippen molar-refractivity contribution >= 4 is 17.5 Å². The lowest BCUT2D eigenvalue weighted by Gasteiger charge is -2.38. The number of hydrogen-bond donors (Lipinski definition) is 1. The Morgan fingerprint density at radius 3 is 2.39 bits per heavy atom. The number of fused-ring (bicyclic) bond motifs is 1. The minimum atomic E-state index is -0.395. The van der Waals surface area contributed by atoms with Crippen molar-refractivity contribution in [1.82, 2.24) is 4.90 Å². The highest BCUT2D eigenvalue weighted by atomic mass is 16.5. The maximum Gasteiger partial charge on any atom is 0.225 e. The van der Waals surface area contributed by atoms with Crippen molar-refractivity contribution in [3.63, 3.8) is 0 Å². The van der Waals surface area contributed by atoms with Crippen molar-refractivity contribution in [3.8, 4) is 16.9 Å². The Labute approximate surface area is 184 Å². The molecule has 2 unspecified atom stereocenters. The molecule has 2 heterocycles. The summed E-state index contributed by atoms with van der Waals surface area (Å²) in [5.41, 5.74) is 9.33. The normalized spacial score (nSPS) is 21.0. The first-order chi connectivity index (χ1) is 14.9. The summed E-state index contributed by atoms with van der Waals surface area (Å²) in [6.07, 6.45) is 3.11. The molecule has 2 N–H and O–H groups in total. The van der Waals surface area contributed by atoms with Crippen LogP contribution in [0.5, 0.6) is 5.75 Å². The fourth-order valence-electron chi connectivity index (χ4n) is 4.84. The minimum absolute atomic E-state index is 0.0279. The number of hydrogen-bond acceptors (Lipinski definition) is 4. The van der Waals surface area contributed by atoms with Gasteiger partial charge in [0.05, 0.1) is 5.92 Å². The van der Waals surface area contributed by atoms with E-state index in [-0.39, 0.29) is 17.9 Å². The highest BCUT2D eigenvalue weighted by Crippen LogP contribution is 2.40. The minimum Gasteiger partial charge on any atom is -0.492 e. The lowest BCUT2D eigenvalue weighted by Crippen LogP contribution is -2.44. The number of benzene rings is 2. The Hall–Kier alpha value is -2.86. The van der Waals surface area contributed by atoms with Crippen LogP contribution < -0.4 is 15.4 Å². The molecule has 0 radical (unpaired) electrons. The summed E-state index contributed by atoms with van der Waals surface area (Å²) < 4.78 is 5.90. The lowest BCUT2D eigenvalue weighted by molar-refractivity contribution is -0.121. The van der Waals surface area contributed by atoms with E-state index in [4.69, 9.17) is 10.5 Å². The van der Waals surface area contributed by atoms with Crippen LogP contribution >= 0.6 is 0 Å². The number of primary amides is 1. The van der Waals surface area contributed by atoms with Crippen LogP contribution in [0.15, 0.2) is 42.5 Å². The molecule has 2 aliphatic heterocycles. The molecule has 2 amide bonds. The van der Waals surface area contributed by atoms with E-state index < -0.39 is 5.92 Å². The summed E-state index contributed by atoms with van der Waals surface area (Å²) in [6, 6.07) is 13.9. The third-order valence-electron chi connectivity index (χ3n) is 6.43. The number of nitrogens with two attached hydrogens (primary N) is 1. The fourth-order valence-corrected chi connectivity index (χ4v) is 4.84. The molecule has 1 fully saturated rings. The van der Waals surface area contributed by atoms with E-state index in [0.29, 0.717) is 13.0 Å². The molecule has 0 aromatic heterocycles.